The van der Waals surface area contributed by atoms with Gasteiger partial charge >= 0.3 is 0 Å². The SMILES string of the molecule is CCCCCCCCCC([C+]1N=CC=N1)C(CCCC)Cc1ccccc1. The third kappa shape index (κ3) is 8.32. The lowest BCUT2D eigenvalue weighted by molar-refractivity contribution is 0.286. The Bertz CT molecular complexity index is 523. The van der Waals surface area contributed by atoms with Crippen molar-refractivity contribution in [3.05, 3.63) is 42.1 Å². The molecule has 1 heterocycles. The Kier molecular flexibility index (Phi) is 10.9. The second-order valence-electron chi connectivity index (χ2n) is 8.02. The van der Waals surface area contributed by atoms with Crippen LogP contribution in [0.25, 0.3) is 0 Å². The van der Waals surface area contributed by atoms with Crippen molar-refractivity contribution >= 4 is 12.4 Å². The topological polar surface area (TPSA) is 24.7 Å². The first kappa shape index (κ1) is 21.7. The number of aliphatic imine (C=N–C) groups is 2. The normalized spacial score (nSPS) is 15.4. The van der Waals surface area contributed by atoms with E-state index in [0.29, 0.717) is 11.8 Å². The maximum absolute atomic E-state index is 4.62. The first-order chi connectivity index (χ1) is 13.3. The highest BCUT2D eigenvalue weighted by Crippen LogP contribution is 2.36. The van der Waals surface area contributed by atoms with Crippen LogP contribution in [0.15, 0.2) is 40.3 Å². The molecule has 0 bridgehead atoms. The van der Waals surface area contributed by atoms with E-state index in [1.807, 2.05) is 12.4 Å². The molecule has 2 heteroatoms. The lowest BCUT2D eigenvalue weighted by atomic mass is 9.78. The quantitative estimate of drug-likeness (QED) is 0.227. The summed E-state index contributed by atoms with van der Waals surface area (Å²) < 4.78 is 0. The summed E-state index contributed by atoms with van der Waals surface area (Å²) in [6.45, 7) is 4.58. The van der Waals surface area contributed by atoms with E-state index in [2.05, 4.69) is 54.2 Å². The molecule has 0 fully saturated rings. The molecule has 2 atom stereocenters. The summed E-state index contributed by atoms with van der Waals surface area (Å²) in [6, 6.07) is 11.0. The molecule has 1 aliphatic heterocycles. The summed E-state index contributed by atoms with van der Waals surface area (Å²) >= 11 is 0. The Hall–Kier alpha value is -1.57. The molecular weight excluding hydrogens is 328 g/mol. The molecule has 1 aromatic carbocycles. The van der Waals surface area contributed by atoms with Crippen LogP contribution in [0.3, 0.4) is 0 Å². The highest BCUT2D eigenvalue weighted by Gasteiger charge is 2.35. The summed E-state index contributed by atoms with van der Waals surface area (Å²) in [4.78, 5) is 9.23. The first-order valence-corrected chi connectivity index (χ1v) is 11.3. The lowest BCUT2D eigenvalue weighted by Crippen LogP contribution is -2.22. The number of unbranched alkanes of at least 4 members (excludes halogenated alkanes) is 7. The Morgan fingerprint density at radius 1 is 0.741 bits per heavy atom. The summed E-state index contributed by atoms with van der Waals surface area (Å²) in [5.74, 6) is 1.15. The average Bonchev–Trinajstić information content (AvgIpc) is 3.23. The van der Waals surface area contributed by atoms with Crippen LogP contribution in [-0.2, 0) is 6.42 Å². The van der Waals surface area contributed by atoms with Crippen LogP contribution in [0.2, 0.25) is 0 Å². The van der Waals surface area contributed by atoms with Gasteiger partial charge in [-0.15, -0.1) is 0 Å². The molecule has 0 saturated carbocycles. The van der Waals surface area contributed by atoms with Gasteiger partial charge in [0.15, 0.2) is 12.4 Å². The van der Waals surface area contributed by atoms with Crippen LogP contribution in [0, 0.1) is 18.0 Å². The van der Waals surface area contributed by atoms with Gasteiger partial charge in [-0.2, -0.15) is 0 Å². The van der Waals surface area contributed by atoms with Crippen molar-refractivity contribution in [2.45, 2.75) is 90.9 Å². The summed E-state index contributed by atoms with van der Waals surface area (Å²) in [7, 11) is 0. The molecule has 0 aromatic heterocycles. The van der Waals surface area contributed by atoms with Crippen LogP contribution < -0.4 is 0 Å². The Morgan fingerprint density at radius 2 is 1.37 bits per heavy atom. The lowest BCUT2D eigenvalue weighted by Gasteiger charge is -2.26. The molecule has 148 valence electrons. The van der Waals surface area contributed by atoms with Gasteiger partial charge in [0.1, 0.15) is 0 Å². The van der Waals surface area contributed by atoms with Gasteiger partial charge in [0.25, 0.3) is 0 Å². The summed E-state index contributed by atoms with van der Waals surface area (Å²) in [5.41, 5.74) is 1.45. The predicted molar refractivity (Wildman–Crippen MR) is 119 cm³/mol. The van der Waals surface area contributed by atoms with Gasteiger partial charge in [0.05, 0.1) is 5.92 Å². The van der Waals surface area contributed by atoms with E-state index < -0.39 is 0 Å². The van der Waals surface area contributed by atoms with Crippen molar-refractivity contribution in [1.29, 1.82) is 0 Å². The van der Waals surface area contributed by atoms with Gasteiger partial charge in [-0.1, -0.05) is 112 Å². The molecule has 27 heavy (non-hydrogen) atoms. The van der Waals surface area contributed by atoms with E-state index >= 15 is 0 Å². The van der Waals surface area contributed by atoms with Gasteiger partial charge in [-0.3, -0.25) is 0 Å². The van der Waals surface area contributed by atoms with E-state index in [1.165, 1.54) is 76.2 Å². The Balaban J connectivity index is 1.93. The zero-order valence-electron chi connectivity index (χ0n) is 17.6. The maximum Gasteiger partial charge on any atom is 0.244 e. The minimum atomic E-state index is 0.502. The highest BCUT2D eigenvalue weighted by atomic mass is 15.0. The van der Waals surface area contributed by atoms with Crippen molar-refractivity contribution in [2.75, 3.05) is 0 Å². The van der Waals surface area contributed by atoms with Crippen molar-refractivity contribution in [3.8, 4) is 0 Å². The summed E-state index contributed by atoms with van der Waals surface area (Å²) in [6.07, 6.45) is 20.6. The molecule has 1 aliphatic rings. The minimum absolute atomic E-state index is 0.502. The molecule has 0 amide bonds. The van der Waals surface area contributed by atoms with Crippen molar-refractivity contribution in [3.63, 3.8) is 0 Å². The number of rotatable bonds is 15. The fourth-order valence-electron chi connectivity index (χ4n) is 4.17. The maximum atomic E-state index is 4.62. The third-order valence-corrected chi connectivity index (χ3v) is 5.77. The van der Waals surface area contributed by atoms with Gasteiger partial charge in [0, 0.05) is 0 Å². The van der Waals surface area contributed by atoms with E-state index in [-0.39, 0.29) is 0 Å². The van der Waals surface area contributed by atoms with Gasteiger partial charge < -0.3 is 0 Å². The Labute approximate surface area is 167 Å². The third-order valence-electron chi connectivity index (χ3n) is 5.77. The molecule has 0 N–H and O–H groups in total. The molecule has 2 rings (SSSR count). The monoisotopic (exact) mass is 367 g/mol. The second kappa shape index (κ2) is 13.6. The zero-order valence-corrected chi connectivity index (χ0v) is 17.6. The molecule has 2 unspecified atom stereocenters. The van der Waals surface area contributed by atoms with Crippen molar-refractivity contribution < 1.29 is 0 Å². The van der Waals surface area contributed by atoms with Gasteiger partial charge in [-0.05, 0) is 30.7 Å². The molecule has 0 saturated heterocycles. The van der Waals surface area contributed by atoms with Gasteiger partial charge in [0.2, 0.25) is 6.17 Å². The average molecular weight is 368 g/mol. The molecule has 0 aliphatic carbocycles. The smallest absolute Gasteiger partial charge is 0.0965 e. The van der Waals surface area contributed by atoms with Crippen molar-refractivity contribution in [1.82, 2.24) is 0 Å². The van der Waals surface area contributed by atoms with E-state index in [1.54, 1.807) is 0 Å². The number of hydrogen-bond donors (Lipinski definition) is 0. The molecule has 1 aromatic rings. The predicted octanol–water partition coefficient (Wildman–Crippen LogP) is 7.44. The zero-order chi connectivity index (χ0) is 19.2. The molecule has 2 nitrogen and oxygen atoms in total. The fraction of sp³-hybridized carbons (Fsp3) is 0.640. The second-order valence-corrected chi connectivity index (χ2v) is 8.02. The number of benzene rings is 1. The van der Waals surface area contributed by atoms with E-state index in [4.69, 9.17) is 0 Å². The summed E-state index contributed by atoms with van der Waals surface area (Å²) in [5, 5.41) is 0. The van der Waals surface area contributed by atoms with Gasteiger partial charge in [-0.25, -0.2) is 0 Å². The fourth-order valence-corrected chi connectivity index (χ4v) is 4.17. The first-order valence-electron chi connectivity index (χ1n) is 11.3. The largest absolute Gasteiger partial charge is 0.244 e. The Morgan fingerprint density at radius 3 is 2.04 bits per heavy atom. The molecule has 0 spiro atoms. The van der Waals surface area contributed by atoms with Crippen LogP contribution >= 0.6 is 0 Å². The van der Waals surface area contributed by atoms with Crippen LogP contribution in [0.5, 0.6) is 0 Å². The molecule has 0 radical (unpaired) electrons. The van der Waals surface area contributed by atoms with Crippen LogP contribution in [0.4, 0.5) is 0 Å². The molecular formula is C25H39N2+. The van der Waals surface area contributed by atoms with E-state index in [9.17, 15) is 0 Å². The van der Waals surface area contributed by atoms with E-state index in [0.717, 1.165) is 12.6 Å². The van der Waals surface area contributed by atoms with Crippen LogP contribution in [-0.4, -0.2) is 12.4 Å². The number of hydrogen-bond acceptors (Lipinski definition) is 2. The number of nitrogens with zero attached hydrogens (tertiary/aromatic N) is 2. The minimum Gasteiger partial charge on any atom is -0.0965 e. The van der Waals surface area contributed by atoms with Crippen LogP contribution in [0.1, 0.15) is 90.0 Å². The highest BCUT2D eigenvalue weighted by molar-refractivity contribution is 6.18. The van der Waals surface area contributed by atoms with Crippen molar-refractivity contribution in [2.24, 2.45) is 21.8 Å². The standard InChI is InChI=1S/C25H39N2/c1-3-5-7-8-9-10-14-18-24(25-26-19-20-27-25)23(17-6-4-2)21-22-15-12-11-13-16-22/h11-13,15-16,19-20,23-24H,3-10,14,17-18,21H2,1-2H3/q+1.